The summed E-state index contributed by atoms with van der Waals surface area (Å²) in [6.07, 6.45) is 1.18. The normalized spacial score (nSPS) is 23.6. The third kappa shape index (κ3) is 2.62. The Morgan fingerprint density at radius 3 is 2.77 bits per heavy atom. The highest BCUT2D eigenvalue weighted by Gasteiger charge is 2.55. The molecular formula is C19H22N4O3. The number of nitriles is 1. The molecule has 4 amide bonds. The largest absolute Gasteiger partial charge is 0.336 e. The number of amides is 4. The summed E-state index contributed by atoms with van der Waals surface area (Å²) in [4.78, 5) is 38.7. The van der Waals surface area contributed by atoms with Gasteiger partial charge in [0.05, 0.1) is 6.07 Å². The molecule has 1 aliphatic heterocycles. The van der Waals surface area contributed by atoms with E-state index >= 15 is 0 Å². The molecule has 1 heterocycles. The van der Waals surface area contributed by atoms with Gasteiger partial charge in [0.15, 0.2) is 0 Å². The van der Waals surface area contributed by atoms with Gasteiger partial charge < -0.3 is 10.6 Å². The maximum absolute atomic E-state index is 13.0. The highest BCUT2D eigenvalue weighted by Crippen LogP contribution is 2.41. The summed E-state index contributed by atoms with van der Waals surface area (Å²) in [6.45, 7) is 4.86. The number of hydrogen-bond acceptors (Lipinski definition) is 4. The van der Waals surface area contributed by atoms with Crippen molar-refractivity contribution in [2.75, 3.05) is 6.54 Å². The Balaban J connectivity index is 1.79. The van der Waals surface area contributed by atoms with E-state index in [1.54, 1.807) is 6.92 Å². The summed E-state index contributed by atoms with van der Waals surface area (Å²) < 4.78 is 0. The second kappa shape index (κ2) is 6.13. The number of hydrogen-bond donors (Lipinski definition) is 2. The Labute approximate surface area is 152 Å². The van der Waals surface area contributed by atoms with Crippen LogP contribution in [0.5, 0.6) is 0 Å². The number of carbonyl (C=O) groups excluding carboxylic acids is 3. The first-order valence-electron chi connectivity index (χ1n) is 8.68. The number of urea groups is 1. The lowest BCUT2D eigenvalue weighted by Gasteiger charge is -2.28. The molecule has 7 heteroatoms. The van der Waals surface area contributed by atoms with Crippen LogP contribution in [0, 0.1) is 17.2 Å². The van der Waals surface area contributed by atoms with Gasteiger partial charge in [-0.05, 0) is 36.8 Å². The van der Waals surface area contributed by atoms with E-state index in [9.17, 15) is 19.6 Å². The van der Waals surface area contributed by atoms with Gasteiger partial charge in [0.1, 0.15) is 17.6 Å². The van der Waals surface area contributed by atoms with Gasteiger partial charge in [-0.15, -0.1) is 0 Å². The van der Waals surface area contributed by atoms with Crippen molar-refractivity contribution in [3.63, 3.8) is 0 Å². The van der Waals surface area contributed by atoms with Crippen molar-refractivity contribution in [1.82, 2.24) is 15.5 Å². The van der Waals surface area contributed by atoms with E-state index in [4.69, 9.17) is 0 Å². The molecule has 1 aromatic rings. The number of rotatable bonds is 4. The van der Waals surface area contributed by atoms with E-state index in [1.807, 2.05) is 38.1 Å². The minimum atomic E-state index is -1.08. The molecular weight excluding hydrogens is 332 g/mol. The van der Waals surface area contributed by atoms with E-state index in [1.165, 1.54) is 0 Å². The van der Waals surface area contributed by atoms with Gasteiger partial charge >= 0.3 is 6.03 Å². The average Bonchev–Trinajstić information content (AvgIpc) is 3.08. The predicted molar refractivity (Wildman–Crippen MR) is 93.7 cm³/mol. The number of fused-ring (bicyclic) bond motifs is 2. The smallest absolute Gasteiger partial charge is 0.325 e. The fourth-order valence-electron chi connectivity index (χ4n) is 3.51. The molecule has 2 atom stereocenters. The third-order valence-corrected chi connectivity index (χ3v) is 5.51. The highest BCUT2D eigenvalue weighted by atomic mass is 16.2. The average molecular weight is 354 g/mol. The Morgan fingerprint density at radius 1 is 1.42 bits per heavy atom. The monoisotopic (exact) mass is 354 g/mol. The van der Waals surface area contributed by atoms with E-state index in [0.717, 1.165) is 16.0 Å². The SMILES string of the molecule is CC(C)[C@](C)(C#N)NC(=O)CN1C(=O)N[C@@]2(CCc3ccccc32)C1=O. The molecule has 1 aromatic carbocycles. The van der Waals surface area contributed by atoms with Crippen LogP contribution in [-0.2, 0) is 21.5 Å². The highest BCUT2D eigenvalue weighted by molar-refractivity contribution is 6.10. The van der Waals surface area contributed by atoms with Gasteiger partial charge in [-0.1, -0.05) is 38.1 Å². The molecule has 1 spiro atoms. The van der Waals surface area contributed by atoms with Crippen molar-refractivity contribution in [2.45, 2.75) is 44.7 Å². The molecule has 136 valence electrons. The van der Waals surface area contributed by atoms with Gasteiger partial charge in [0.2, 0.25) is 5.91 Å². The fourth-order valence-corrected chi connectivity index (χ4v) is 3.51. The van der Waals surface area contributed by atoms with E-state index in [-0.39, 0.29) is 5.92 Å². The lowest BCUT2D eigenvalue weighted by molar-refractivity contribution is -0.135. The second-order valence-electron chi connectivity index (χ2n) is 7.40. The van der Waals surface area contributed by atoms with Gasteiger partial charge in [-0.25, -0.2) is 4.79 Å². The summed E-state index contributed by atoms with van der Waals surface area (Å²) >= 11 is 0. The van der Waals surface area contributed by atoms with Crippen LogP contribution in [0.15, 0.2) is 24.3 Å². The predicted octanol–water partition coefficient (Wildman–Crippen LogP) is 1.43. The number of nitrogens with one attached hydrogen (secondary N) is 2. The maximum atomic E-state index is 13.0. The zero-order chi connectivity index (χ0) is 19.1. The standard InChI is InChI=1S/C19H22N4O3/c1-12(2)18(3,11-20)21-15(24)10-23-16(25)19(22-17(23)26)9-8-13-6-4-5-7-14(13)19/h4-7,12H,8-10H2,1-3H3,(H,21,24)(H,22,26)/t18-,19+/m0/s1. The molecule has 0 bridgehead atoms. The van der Waals surface area contributed by atoms with Crippen molar-refractivity contribution in [1.29, 1.82) is 5.26 Å². The van der Waals surface area contributed by atoms with Gasteiger partial charge in [-0.3, -0.25) is 14.5 Å². The molecule has 0 unspecified atom stereocenters. The van der Waals surface area contributed by atoms with Crippen LogP contribution in [0.25, 0.3) is 0 Å². The van der Waals surface area contributed by atoms with Crippen molar-refractivity contribution < 1.29 is 14.4 Å². The molecule has 3 rings (SSSR count). The first-order valence-corrected chi connectivity index (χ1v) is 8.68. The van der Waals surface area contributed by atoms with Crippen LogP contribution in [0.2, 0.25) is 0 Å². The fraction of sp³-hybridized carbons (Fsp3) is 0.474. The molecule has 26 heavy (non-hydrogen) atoms. The molecule has 1 aliphatic carbocycles. The molecule has 7 nitrogen and oxygen atoms in total. The van der Waals surface area contributed by atoms with Crippen molar-refractivity contribution in [3.8, 4) is 6.07 Å². The zero-order valence-corrected chi connectivity index (χ0v) is 15.1. The molecule has 2 N–H and O–H groups in total. The van der Waals surface area contributed by atoms with Crippen LogP contribution >= 0.6 is 0 Å². The molecule has 1 fully saturated rings. The van der Waals surface area contributed by atoms with E-state index in [0.29, 0.717) is 12.8 Å². The first kappa shape index (κ1) is 17.9. The van der Waals surface area contributed by atoms with E-state index in [2.05, 4.69) is 16.7 Å². The van der Waals surface area contributed by atoms with Crippen LogP contribution < -0.4 is 10.6 Å². The van der Waals surface area contributed by atoms with Crippen LogP contribution in [0.1, 0.15) is 38.3 Å². The summed E-state index contributed by atoms with van der Waals surface area (Å²) in [5.74, 6) is -1.06. The summed E-state index contributed by atoms with van der Waals surface area (Å²) in [6, 6.07) is 9.03. The van der Waals surface area contributed by atoms with Crippen molar-refractivity contribution >= 4 is 17.8 Å². The van der Waals surface area contributed by atoms with Crippen LogP contribution in [-0.4, -0.2) is 34.8 Å². The molecule has 0 radical (unpaired) electrons. The van der Waals surface area contributed by atoms with Gasteiger partial charge in [-0.2, -0.15) is 5.26 Å². The Hall–Kier alpha value is -2.88. The summed E-state index contributed by atoms with van der Waals surface area (Å²) in [5.41, 5.74) is -0.312. The molecule has 0 aromatic heterocycles. The number of aryl methyl sites for hydroxylation is 1. The maximum Gasteiger partial charge on any atom is 0.325 e. The van der Waals surface area contributed by atoms with Crippen LogP contribution in [0.3, 0.4) is 0 Å². The molecule has 1 saturated heterocycles. The van der Waals surface area contributed by atoms with Gasteiger partial charge in [0.25, 0.3) is 5.91 Å². The number of nitrogens with zero attached hydrogens (tertiary/aromatic N) is 2. The zero-order valence-electron chi connectivity index (χ0n) is 15.1. The topological polar surface area (TPSA) is 102 Å². The number of carbonyl (C=O) groups is 3. The number of benzene rings is 1. The minimum absolute atomic E-state index is 0.118. The van der Waals surface area contributed by atoms with Crippen molar-refractivity contribution in [2.24, 2.45) is 5.92 Å². The molecule has 2 aliphatic rings. The van der Waals surface area contributed by atoms with Crippen molar-refractivity contribution in [3.05, 3.63) is 35.4 Å². The lowest BCUT2D eigenvalue weighted by Crippen LogP contribution is -2.52. The summed E-state index contributed by atoms with van der Waals surface area (Å²) in [7, 11) is 0. The molecule has 0 saturated carbocycles. The van der Waals surface area contributed by atoms with Crippen LogP contribution in [0.4, 0.5) is 4.79 Å². The van der Waals surface area contributed by atoms with E-state index < -0.39 is 35.5 Å². The third-order valence-electron chi connectivity index (χ3n) is 5.51. The second-order valence-corrected chi connectivity index (χ2v) is 7.40. The quantitative estimate of drug-likeness (QED) is 0.799. The lowest BCUT2D eigenvalue weighted by atomic mass is 9.90. The minimum Gasteiger partial charge on any atom is -0.336 e. The number of imide groups is 1. The Kier molecular flexibility index (Phi) is 4.23. The Morgan fingerprint density at radius 2 is 2.12 bits per heavy atom. The first-order chi connectivity index (χ1) is 12.2. The van der Waals surface area contributed by atoms with Gasteiger partial charge in [0, 0.05) is 0 Å². The summed E-state index contributed by atoms with van der Waals surface area (Å²) in [5, 5.41) is 14.7. The Bertz CT molecular complexity index is 828.